The van der Waals surface area contributed by atoms with Crippen LogP contribution in [0.15, 0.2) is 24.3 Å². The lowest BCUT2D eigenvalue weighted by molar-refractivity contribution is -0.0493. The van der Waals surface area contributed by atoms with E-state index in [1.807, 2.05) is 19.2 Å². The van der Waals surface area contributed by atoms with Crippen LogP contribution in [0.3, 0.4) is 0 Å². The van der Waals surface area contributed by atoms with Crippen LogP contribution in [0.5, 0.6) is 5.75 Å². The lowest BCUT2D eigenvalue weighted by Gasteiger charge is -2.29. The average Bonchev–Trinajstić information content (AvgIpc) is 2.87. The third-order valence-corrected chi connectivity index (χ3v) is 3.72. The summed E-state index contributed by atoms with van der Waals surface area (Å²) in [5, 5.41) is 3.26. The van der Waals surface area contributed by atoms with Gasteiger partial charge in [0.15, 0.2) is 0 Å². The van der Waals surface area contributed by atoms with Gasteiger partial charge in [-0.05, 0) is 37.6 Å². The van der Waals surface area contributed by atoms with E-state index in [1.165, 1.54) is 31.2 Å². The minimum atomic E-state index is 0.0503. The fraction of sp³-hybridized carbons (Fsp3) is 0.600. The molecule has 18 heavy (non-hydrogen) atoms. The lowest BCUT2D eigenvalue weighted by atomic mass is 10.0. The van der Waals surface area contributed by atoms with E-state index >= 15 is 0 Å². The summed E-state index contributed by atoms with van der Waals surface area (Å²) in [6.07, 6.45) is 4.91. The molecule has 1 saturated carbocycles. The molecular formula is C15H23NO2. The van der Waals surface area contributed by atoms with Gasteiger partial charge in [-0.25, -0.2) is 0 Å². The first kappa shape index (κ1) is 13.4. The third-order valence-electron chi connectivity index (χ3n) is 3.72. The molecule has 100 valence electrons. The Balaban J connectivity index is 1.92. The molecular weight excluding hydrogens is 226 g/mol. The van der Waals surface area contributed by atoms with Crippen LogP contribution in [0.2, 0.25) is 0 Å². The molecule has 1 aromatic carbocycles. The van der Waals surface area contributed by atoms with Crippen molar-refractivity contribution in [3.63, 3.8) is 0 Å². The van der Waals surface area contributed by atoms with E-state index in [2.05, 4.69) is 17.4 Å². The highest BCUT2D eigenvalue weighted by Gasteiger charge is 2.33. The second kappa shape index (κ2) is 6.21. The number of nitrogens with one attached hydrogen (secondary N) is 1. The Kier molecular flexibility index (Phi) is 4.61. The number of hydrogen-bond acceptors (Lipinski definition) is 3. The van der Waals surface area contributed by atoms with Gasteiger partial charge >= 0.3 is 0 Å². The highest BCUT2D eigenvalue weighted by Crippen LogP contribution is 2.33. The molecule has 1 aliphatic rings. The summed E-state index contributed by atoms with van der Waals surface area (Å²) in [7, 11) is 3.68. The van der Waals surface area contributed by atoms with Crippen molar-refractivity contribution >= 4 is 0 Å². The van der Waals surface area contributed by atoms with Gasteiger partial charge in [-0.2, -0.15) is 0 Å². The zero-order chi connectivity index (χ0) is 12.8. The van der Waals surface area contributed by atoms with Crippen LogP contribution in [0.4, 0.5) is 0 Å². The molecule has 0 spiro atoms. The van der Waals surface area contributed by atoms with Crippen LogP contribution in [0.25, 0.3) is 0 Å². The summed E-state index contributed by atoms with van der Waals surface area (Å²) in [5.74, 6) is 0.893. The molecule has 3 nitrogen and oxygen atoms in total. The Hall–Kier alpha value is -1.06. The fourth-order valence-electron chi connectivity index (χ4n) is 2.67. The highest BCUT2D eigenvalue weighted by molar-refractivity contribution is 5.26. The molecule has 0 bridgehead atoms. The molecule has 0 unspecified atom stereocenters. The van der Waals surface area contributed by atoms with Crippen LogP contribution >= 0.6 is 0 Å². The molecule has 0 aliphatic heterocycles. The van der Waals surface area contributed by atoms with E-state index in [9.17, 15) is 0 Å². The number of methoxy groups -OCH3 is 1. The van der Waals surface area contributed by atoms with Crippen molar-refractivity contribution in [3.05, 3.63) is 29.8 Å². The minimum absolute atomic E-state index is 0.0503. The molecule has 2 rings (SSSR count). The highest BCUT2D eigenvalue weighted by atomic mass is 16.5. The SMILES string of the molecule is CNCC1(OCc2ccc(OC)cc2)CCCC1. The molecule has 0 amide bonds. The van der Waals surface area contributed by atoms with Crippen molar-refractivity contribution < 1.29 is 9.47 Å². The zero-order valence-electron chi connectivity index (χ0n) is 11.4. The van der Waals surface area contributed by atoms with Crippen LogP contribution in [-0.2, 0) is 11.3 Å². The van der Waals surface area contributed by atoms with Crippen molar-refractivity contribution in [3.8, 4) is 5.75 Å². The molecule has 0 saturated heterocycles. The monoisotopic (exact) mass is 249 g/mol. The van der Waals surface area contributed by atoms with Crippen LogP contribution in [-0.4, -0.2) is 26.3 Å². The number of likely N-dealkylation sites (N-methyl/N-ethyl adjacent to an activating group) is 1. The maximum atomic E-state index is 6.19. The molecule has 1 aliphatic carbocycles. The Bertz CT molecular complexity index is 355. The number of hydrogen-bond donors (Lipinski definition) is 1. The molecule has 1 aromatic rings. The van der Waals surface area contributed by atoms with Crippen molar-refractivity contribution in [2.45, 2.75) is 37.9 Å². The van der Waals surface area contributed by atoms with Gasteiger partial charge in [0.05, 0.1) is 19.3 Å². The van der Waals surface area contributed by atoms with E-state index in [4.69, 9.17) is 9.47 Å². The van der Waals surface area contributed by atoms with Gasteiger partial charge in [0.25, 0.3) is 0 Å². The maximum absolute atomic E-state index is 6.19. The van der Waals surface area contributed by atoms with Crippen molar-refractivity contribution in [2.75, 3.05) is 20.7 Å². The van der Waals surface area contributed by atoms with E-state index < -0.39 is 0 Å². The van der Waals surface area contributed by atoms with Crippen LogP contribution in [0.1, 0.15) is 31.2 Å². The predicted molar refractivity (Wildman–Crippen MR) is 72.9 cm³/mol. The van der Waals surface area contributed by atoms with Crippen molar-refractivity contribution in [1.82, 2.24) is 5.32 Å². The molecule has 0 atom stereocenters. The van der Waals surface area contributed by atoms with Crippen LogP contribution < -0.4 is 10.1 Å². The van der Waals surface area contributed by atoms with Gasteiger partial charge in [-0.1, -0.05) is 25.0 Å². The van der Waals surface area contributed by atoms with Gasteiger partial charge < -0.3 is 14.8 Å². The third kappa shape index (κ3) is 3.24. The summed E-state index contributed by atoms with van der Waals surface area (Å²) < 4.78 is 11.3. The van der Waals surface area contributed by atoms with E-state index in [0.29, 0.717) is 6.61 Å². The lowest BCUT2D eigenvalue weighted by Crippen LogP contribution is -2.39. The number of ether oxygens (including phenoxy) is 2. The number of rotatable bonds is 6. The van der Waals surface area contributed by atoms with Gasteiger partial charge in [0, 0.05) is 6.54 Å². The summed E-state index contributed by atoms with van der Waals surface area (Å²) in [6, 6.07) is 8.11. The topological polar surface area (TPSA) is 30.5 Å². The predicted octanol–water partition coefficient (Wildman–Crippen LogP) is 2.74. The molecule has 1 N–H and O–H groups in total. The molecule has 0 aromatic heterocycles. The summed E-state index contributed by atoms with van der Waals surface area (Å²) in [4.78, 5) is 0. The molecule has 3 heteroatoms. The smallest absolute Gasteiger partial charge is 0.118 e. The van der Waals surface area contributed by atoms with E-state index in [-0.39, 0.29) is 5.60 Å². The maximum Gasteiger partial charge on any atom is 0.118 e. The van der Waals surface area contributed by atoms with Gasteiger partial charge in [-0.3, -0.25) is 0 Å². The Morgan fingerprint density at radius 3 is 2.39 bits per heavy atom. The Labute approximate surface area is 109 Å². The Morgan fingerprint density at radius 2 is 1.83 bits per heavy atom. The molecule has 0 radical (unpaired) electrons. The Morgan fingerprint density at radius 1 is 1.17 bits per heavy atom. The molecule has 1 fully saturated rings. The summed E-state index contributed by atoms with van der Waals surface area (Å²) in [5.41, 5.74) is 1.26. The molecule has 0 heterocycles. The number of benzene rings is 1. The first-order valence-electron chi connectivity index (χ1n) is 6.69. The quantitative estimate of drug-likeness (QED) is 0.841. The van der Waals surface area contributed by atoms with Gasteiger partial charge in [0.1, 0.15) is 5.75 Å². The largest absolute Gasteiger partial charge is 0.497 e. The second-order valence-electron chi connectivity index (χ2n) is 5.06. The zero-order valence-corrected chi connectivity index (χ0v) is 11.4. The normalized spacial score (nSPS) is 17.9. The van der Waals surface area contributed by atoms with Crippen LogP contribution in [0, 0.1) is 0 Å². The fourth-order valence-corrected chi connectivity index (χ4v) is 2.67. The second-order valence-corrected chi connectivity index (χ2v) is 5.06. The summed E-state index contributed by atoms with van der Waals surface area (Å²) >= 11 is 0. The van der Waals surface area contributed by atoms with E-state index in [1.54, 1.807) is 7.11 Å². The van der Waals surface area contributed by atoms with E-state index in [0.717, 1.165) is 12.3 Å². The van der Waals surface area contributed by atoms with Crippen molar-refractivity contribution in [2.24, 2.45) is 0 Å². The standard InChI is InChI=1S/C15H23NO2/c1-16-12-15(9-3-4-10-15)18-11-13-5-7-14(17-2)8-6-13/h5-8,16H,3-4,9-12H2,1-2H3. The van der Waals surface area contributed by atoms with Gasteiger partial charge in [-0.15, -0.1) is 0 Å². The first-order valence-corrected chi connectivity index (χ1v) is 6.69. The van der Waals surface area contributed by atoms with Gasteiger partial charge in [0.2, 0.25) is 0 Å². The minimum Gasteiger partial charge on any atom is -0.497 e. The van der Waals surface area contributed by atoms with Crippen molar-refractivity contribution in [1.29, 1.82) is 0 Å². The first-order chi connectivity index (χ1) is 8.78. The average molecular weight is 249 g/mol. The summed E-state index contributed by atoms with van der Waals surface area (Å²) in [6.45, 7) is 1.63.